The van der Waals surface area contributed by atoms with E-state index in [2.05, 4.69) is 0 Å². The Balaban J connectivity index is 2.05. The van der Waals surface area contributed by atoms with Crippen molar-refractivity contribution >= 4 is 17.6 Å². The standard InChI is InChI=1S/C15H12ClFO2/c1-10-7-13(17)5-6-14(10)15(18)19-9-11-3-2-4-12(16)8-11/h2-8H,9H2,1H3. The molecule has 0 unspecified atom stereocenters. The normalized spacial score (nSPS) is 10.3. The molecule has 0 radical (unpaired) electrons. The average molecular weight is 279 g/mol. The maximum absolute atomic E-state index is 12.9. The summed E-state index contributed by atoms with van der Waals surface area (Å²) < 4.78 is 18.1. The quantitative estimate of drug-likeness (QED) is 0.789. The second kappa shape index (κ2) is 5.85. The van der Waals surface area contributed by atoms with E-state index in [0.29, 0.717) is 16.1 Å². The number of halogens is 2. The SMILES string of the molecule is Cc1cc(F)ccc1C(=O)OCc1cccc(Cl)c1. The first kappa shape index (κ1) is 13.6. The zero-order valence-corrected chi connectivity index (χ0v) is 11.1. The molecule has 0 aromatic heterocycles. The molecule has 2 aromatic carbocycles. The molecule has 0 aliphatic carbocycles. The first-order valence-corrected chi connectivity index (χ1v) is 6.12. The van der Waals surface area contributed by atoms with Crippen LogP contribution in [0.25, 0.3) is 0 Å². The number of hydrogen-bond donors (Lipinski definition) is 0. The highest BCUT2D eigenvalue weighted by atomic mass is 35.5. The molecule has 0 fully saturated rings. The van der Waals surface area contributed by atoms with Crippen molar-refractivity contribution in [2.75, 3.05) is 0 Å². The van der Waals surface area contributed by atoms with Crippen LogP contribution in [0.15, 0.2) is 42.5 Å². The molecule has 19 heavy (non-hydrogen) atoms. The van der Waals surface area contributed by atoms with Crippen molar-refractivity contribution in [3.05, 3.63) is 70.0 Å². The van der Waals surface area contributed by atoms with E-state index >= 15 is 0 Å². The van der Waals surface area contributed by atoms with Gasteiger partial charge < -0.3 is 4.74 Å². The number of carbonyl (C=O) groups excluding carboxylic acids is 1. The van der Waals surface area contributed by atoms with Gasteiger partial charge in [-0.3, -0.25) is 0 Å². The van der Waals surface area contributed by atoms with Crippen molar-refractivity contribution in [2.24, 2.45) is 0 Å². The maximum atomic E-state index is 12.9. The Morgan fingerprint density at radius 2 is 2.05 bits per heavy atom. The number of esters is 1. The second-order valence-corrected chi connectivity index (χ2v) is 4.60. The molecule has 0 amide bonds. The summed E-state index contributed by atoms with van der Waals surface area (Å²) in [6, 6.07) is 11.0. The minimum atomic E-state index is -0.475. The van der Waals surface area contributed by atoms with E-state index in [1.807, 2.05) is 6.07 Å². The van der Waals surface area contributed by atoms with E-state index in [4.69, 9.17) is 16.3 Å². The van der Waals surface area contributed by atoms with Crippen molar-refractivity contribution in [3.63, 3.8) is 0 Å². The molecular formula is C15H12ClFO2. The summed E-state index contributed by atoms with van der Waals surface area (Å²) in [6.45, 7) is 1.80. The minimum Gasteiger partial charge on any atom is -0.457 e. The van der Waals surface area contributed by atoms with Crippen LogP contribution < -0.4 is 0 Å². The summed E-state index contributed by atoms with van der Waals surface area (Å²) in [7, 11) is 0. The molecule has 2 rings (SSSR count). The number of rotatable bonds is 3. The van der Waals surface area contributed by atoms with Crippen LogP contribution in [0.5, 0.6) is 0 Å². The highest BCUT2D eigenvalue weighted by Crippen LogP contribution is 2.14. The third-order valence-corrected chi connectivity index (χ3v) is 2.90. The van der Waals surface area contributed by atoms with E-state index in [1.165, 1.54) is 18.2 Å². The molecule has 0 saturated heterocycles. The van der Waals surface area contributed by atoms with Gasteiger partial charge >= 0.3 is 5.97 Å². The molecule has 98 valence electrons. The first-order chi connectivity index (χ1) is 9.06. The molecule has 0 atom stereocenters. The largest absolute Gasteiger partial charge is 0.457 e. The Hall–Kier alpha value is -1.87. The Labute approximate surface area is 115 Å². The van der Waals surface area contributed by atoms with Gasteiger partial charge in [-0.15, -0.1) is 0 Å². The average Bonchev–Trinajstić information content (AvgIpc) is 2.36. The minimum absolute atomic E-state index is 0.135. The van der Waals surface area contributed by atoms with Gasteiger partial charge in [-0.05, 0) is 48.4 Å². The van der Waals surface area contributed by atoms with Crippen molar-refractivity contribution in [3.8, 4) is 0 Å². The van der Waals surface area contributed by atoms with Crippen molar-refractivity contribution < 1.29 is 13.9 Å². The third-order valence-electron chi connectivity index (χ3n) is 2.67. The van der Waals surface area contributed by atoms with E-state index < -0.39 is 5.97 Å². The zero-order valence-electron chi connectivity index (χ0n) is 10.3. The van der Waals surface area contributed by atoms with Crippen molar-refractivity contribution in [1.82, 2.24) is 0 Å². The molecule has 0 saturated carbocycles. The van der Waals surface area contributed by atoms with Gasteiger partial charge in [0, 0.05) is 5.02 Å². The van der Waals surface area contributed by atoms with Crippen LogP contribution >= 0.6 is 11.6 Å². The lowest BCUT2D eigenvalue weighted by Crippen LogP contribution is -2.07. The molecule has 0 N–H and O–H groups in total. The fourth-order valence-corrected chi connectivity index (χ4v) is 1.92. The van der Waals surface area contributed by atoms with Crippen LogP contribution in [0.2, 0.25) is 5.02 Å². The summed E-state index contributed by atoms with van der Waals surface area (Å²) in [5.74, 6) is -0.846. The zero-order chi connectivity index (χ0) is 13.8. The second-order valence-electron chi connectivity index (χ2n) is 4.17. The van der Waals surface area contributed by atoms with Gasteiger partial charge in [-0.25, -0.2) is 9.18 Å². The predicted octanol–water partition coefficient (Wildman–Crippen LogP) is 4.14. The van der Waals surface area contributed by atoms with E-state index in [1.54, 1.807) is 25.1 Å². The maximum Gasteiger partial charge on any atom is 0.338 e. The lowest BCUT2D eigenvalue weighted by atomic mass is 10.1. The Bertz CT molecular complexity index is 611. The summed E-state index contributed by atoms with van der Waals surface area (Å²) in [5, 5.41) is 0.589. The van der Waals surface area contributed by atoms with Gasteiger partial charge in [0.2, 0.25) is 0 Å². The molecule has 0 spiro atoms. The Morgan fingerprint density at radius 1 is 1.26 bits per heavy atom. The van der Waals surface area contributed by atoms with E-state index in [-0.39, 0.29) is 12.4 Å². The van der Waals surface area contributed by atoms with Crippen LogP contribution in [-0.4, -0.2) is 5.97 Å². The van der Waals surface area contributed by atoms with E-state index in [0.717, 1.165) is 5.56 Å². The van der Waals surface area contributed by atoms with Gasteiger partial charge in [0.15, 0.2) is 0 Å². The monoisotopic (exact) mass is 278 g/mol. The molecule has 2 nitrogen and oxygen atoms in total. The topological polar surface area (TPSA) is 26.3 Å². The molecule has 0 heterocycles. The lowest BCUT2D eigenvalue weighted by Gasteiger charge is -2.07. The lowest BCUT2D eigenvalue weighted by molar-refractivity contribution is 0.0472. The summed E-state index contributed by atoms with van der Waals surface area (Å²) in [6.07, 6.45) is 0. The summed E-state index contributed by atoms with van der Waals surface area (Å²) in [4.78, 5) is 11.9. The summed E-state index contributed by atoms with van der Waals surface area (Å²) >= 11 is 5.84. The van der Waals surface area contributed by atoms with Gasteiger partial charge in [0.25, 0.3) is 0 Å². The van der Waals surface area contributed by atoms with Gasteiger partial charge in [-0.1, -0.05) is 23.7 Å². The van der Waals surface area contributed by atoms with Crippen molar-refractivity contribution in [1.29, 1.82) is 0 Å². The number of aryl methyl sites for hydroxylation is 1. The van der Waals surface area contributed by atoms with Gasteiger partial charge in [-0.2, -0.15) is 0 Å². The number of ether oxygens (including phenoxy) is 1. The van der Waals surface area contributed by atoms with Crippen LogP contribution in [0.4, 0.5) is 4.39 Å². The molecule has 0 bridgehead atoms. The number of hydrogen-bond acceptors (Lipinski definition) is 2. The van der Waals surface area contributed by atoms with Crippen LogP contribution in [0.3, 0.4) is 0 Å². The smallest absolute Gasteiger partial charge is 0.338 e. The third kappa shape index (κ3) is 3.55. The van der Waals surface area contributed by atoms with Crippen LogP contribution in [0, 0.1) is 12.7 Å². The number of carbonyl (C=O) groups is 1. The molecular weight excluding hydrogens is 267 g/mol. The Morgan fingerprint density at radius 3 is 2.74 bits per heavy atom. The first-order valence-electron chi connectivity index (χ1n) is 5.74. The Kier molecular flexibility index (Phi) is 4.17. The predicted molar refractivity (Wildman–Crippen MR) is 71.7 cm³/mol. The van der Waals surface area contributed by atoms with Crippen LogP contribution in [-0.2, 0) is 11.3 Å². The van der Waals surface area contributed by atoms with Gasteiger partial charge in [0.05, 0.1) is 5.56 Å². The molecule has 0 aliphatic rings. The van der Waals surface area contributed by atoms with Gasteiger partial charge in [0.1, 0.15) is 12.4 Å². The molecule has 2 aromatic rings. The fourth-order valence-electron chi connectivity index (χ4n) is 1.71. The summed E-state index contributed by atoms with van der Waals surface area (Å²) in [5.41, 5.74) is 1.72. The van der Waals surface area contributed by atoms with E-state index in [9.17, 15) is 9.18 Å². The highest BCUT2D eigenvalue weighted by Gasteiger charge is 2.11. The number of benzene rings is 2. The fraction of sp³-hybridized carbons (Fsp3) is 0.133. The molecule has 4 heteroatoms. The van der Waals surface area contributed by atoms with Crippen LogP contribution in [0.1, 0.15) is 21.5 Å². The molecule has 0 aliphatic heterocycles. The highest BCUT2D eigenvalue weighted by molar-refractivity contribution is 6.30. The van der Waals surface area contributed by atoms with Crippen molar-refractivity contribution in [2.45, 2.75) is 13.5 Å².